The minimum Gasteiger partial charge on any atom is -0.439 e. The van der Waals surface area contributed by atoms with Crippen molar-refractivity contribution < 1.29 is 9.13 Å². The minimum atomic E-state index is -0.311. The number of aryl methyl sites for hydroxylation is 1. The molecule has 0 aliphatic carbocycles. The molecular weight excluding hydrogens is 221 g/mol. The maximum absolute atomic E-state index is 12.7. The van der Waals surface area contributed by atoms with E-state index >= 15 is 0 Å². The Morgan fingerprint density at radius 1 is 1.24 bits per heavy atom. The third kappa shape index (κ3) is 2.90. The van der Waals surface area contributed by atoms with Crippen LogP contribution in [0.1, 0.15) is 12.7 Å². The summed E-state index contributed by atoms with van der Waals surface area (Å²) >= 11 is 0. The Morgan fingerprint density at radius 3 is 2.59 bits per heavy atom. The summed E-state index contributed by atoms with van der Waals surface area (Å²) in [4.78, 5) is 8.20. The molecule has 0 aliphatic rings. The first kappa shape index (κ1) is 11.3. The topological polar surface area (TPSA) is 61.0 Å². The summed E-state index contributed by atoms with van der Waals surface area (Å²) in [5.41, 5.74) is 5.62. The molecular formula is C12H12FN3O. The molecule has 5 heteroatoms. The first-order valence-corrected chi connectivity index (χ1v) is 5.24. The Balaban J connectivity index is 2.23. The molecule has 17 heavy (non-hydrogen) atoms. The fourth-order valence-electron chi connectivity index (χ4n) is 1.33. The van der Waals surface area contributed by atoms with Gasteiger partial charge in [-0.1, -0.05) is 6.92 Å². The molecule has 0 amide bonds. The van der Waals surface area contributed by atoms with Crippen molar-refractivity contribution in [3.63, 3.8) is 0 Å². The van der Waals surface area contributed by atoms with Gasteiger partial charge in [0, 0.05) is 12.5 Å². The van der Waals surface area contributed by atoms with E-state index in [9.17, 15) is 4.39 Å². The predicted octanol–water partition coefficient (Wildman–Crippen LogP) is 2.55. The van der Waals surface area contributed by atoms with Gasteiger partial charge < -0.3 is 10.5 Å². The minimum absolute atomic E-state index is 0.311. The van der Waals surface area contributed by atoms with Gasteiger partial charge in [0.1, 0.15) is 23.2 Å². The first-order valence-electron chi connectivity index (χ1n) is 5.24. The van der Waals surface area contributed by atoms with Crippen molar-refractivity contribution in [2.45, 2.75) is 13.3 Å². The number of hydrogen-bond acceptors (Lipinski definition) is 4. The van der Waals surface area contributed by atoms with Crippen molar-refractivity contribution in [1.29, 1.82) is 0 Å². The van der Waals surface area contributed by atoms with Gasteiger partial charge in [-0.05, 0) is 24.3 Å². The zero-order chi connectivity index (χ0) is 12.3. The van der Waals surface area contributed by atoms with E-state index in [4.69, 9.17) is 10.5 Å². The Morgan fingerprint density at radius 2 is 1.94 bits per heavy atom. The van der Waals surface area contributed by atoms with E-state index in [-0.39, 0.29) is 5.82 Å². The molecule has 1 heterocycles. The van der Waals surface area contributed by atoms with Crippen molar-refractivity contribution in [1.82, 2.24) is 9.97 Å². The van der Waals surface area contributed by atoms with E-state index in [2.05, 4.69) is 9.97 Å². The smallest absolute Gasteiger partial charge is 0.224 e. The van der Waals surface area contributed by atoms with Crippen LogP contribution in [0.3, 0.4) is 0 Å². The second-order valence-electron chi connectivity index (χ2n) is 3.46. The lowest BCUT2D eigenvalue weighted by Gasteiger charge is -2.06. The largest absolute Gasteiger partial charge is 0.439 e. The van der Waals surface area contributed by atoms with Crippen LogP contribution in [0.15, 0.2) is 30.3 Å². The molecule has 0 radical (unpaired) electrons. The van der Waals surface area contributed by atoms with Crippen LogP contribution in [-0.2, 0) is 6.42 Å². The molecule has 0 unspecified atom stereocenters. The lowest BCUT2D eigenvalue weighted by molar-refractivity contribution is 0.457. The standard InChI is InChI=1S/C12H12FN3O/c1-2-11-15-10(14)7-12(16-11)17-9-5-3-8(13)4-6-9/h3-7H,2H2,1H3,(H2,14,15,16). The summed E-state index contributed by atoms with van der Waals surface area (Å²) in [5, 5.41) is 0. The van der Waals surface area contributed by atoms with Gasteiger partial charge in [0.25, 0.3) is 0 Å². The summed E-state index contributed by atoms with van der Waals surface area (Å²) in [6, 6.07) is 7.22. The fourth-order valence-corrected chi connectivity index (χ4v) is 1.33. The molecule has 0 spiro atoms. The van der Waals surface area contributed by atoms with E-state index < -0.39 is 0 Å². The number of nitrogen functional groups attached to an aromatic ring is 1. The average molecular weight is 233 g/mol. The van der Waals surface area contributed by atoms with Gasteiger partial charge in [-0.15, -0.1) is 0 Å². The number of nitrogens with zero attached hydrogens (tertiary/aromatic N) is 2. The van der Waals surface area contributed by atoms with Crippen molar-refractivity contribution >= 4 is 5.82 Å². The van der Waals surface area contributed by atoms with Gasteiger partial charge in [-0.25, -0.2) is 9.37 Å². The molecule has 0 saturated carbocycles. The average Bonchev–Trinajstić information content (AvgIpc) is 2.31. The SMILES string of the molecule is CCc1nc(N)cc(Oc2ccc(F)cc2)n1. The quantitative estimate of drug-likeness (QED) is 0.885. The number of halogens is 1. The molecule has 4 nitrogen and oxygen atoms in total. The molecule has 0 bridgehead atoms. The van der Waals surface area contributed by atoms with Crippen LogP contribution < -0.4 is 10.5 Å². The van der Waals surface area contributed by atoms with Gasteiger partial charge in [-0.3, -0.25) is 0 Å². The Kier molecular flexibility index (Phi) is 3.18. The summed E-state index contributed by atoms with van der Waals surface area (Å²) in [6.07, 6.45) is 0.671. The highest BCUT2D eigenvalue weighted by molar-refractivity contribution is 5.35. The lowest BCUT2D eigenvalue weighted by Crippen LogP contribution is -2.00. The number of ether oxygens (including phenoxy) is 1. The van der Waals surface area contributed by atoms with Crippen molar-refractivity contribution in [3.05, 3.63) is 42.0 Å². The number of nitrogens with two attached hydrogens (primary N) is 1. The summed E-state index contributed by atoms with van der Waals surface area (Å²) in [7, 11) is 0. The second-order valence-corrected chi connectivity index (χ2v) is 3.46. The molecule has 1 aromatic carbocycles. The summed E-state index contributed by atoms with van der Waals surface area (Å²) in [6.45, 7) is 1.93. The van der Waals surface area contributed by atoms with E-state index in [0.717, 1.165) is 0 Å². The highest BCUT2D eigenvalue weighted by Gasteiger charge is 2.03. The third-order valence-corrected chi connectivity index (χ3v) is 2.12. The van der Waals surface area contributed by atoms with Crippen molar-refractivity contribution in [2.24, 2.45) is 0 Å². The molecule has 2 N–H and O–H groups in total. The number of anilines is 1. The molecule has 0 saturated heterocycles. The van der Waals surface area contributed by atoms with E-state index in [1.54, 1.807) is 0 Å². The highest BCUT2D eigenvalue weighted by atomic mass is 19.1. The summed E-state index contributed by atoms with van der Waals surface area (Å²) in [5.74, 6) is 1.53. The van der Waals surface area contributed by atoms with Gasteiger partial charge in [0.05, 0.1) is 0 Å². The summed E-state index contributed by atoms with van der Waals surface area (Å²) < 4.78 is 18.2. The van der Waals surface area contributed by atoms with Gasteiger partial charge >= 0.3 is 0 Å². The van der Waals surface area contributed by atoms with Crippen LogP contribution in [0, 0.1) is 5.82 Å². The van der Waals surface area contributed by atoms with Crippen LogP contribution >= 0.6 is 0 Å². The van der Waals surface area contributed by atoms with Gasteiger partial charge in [-0.2, -0.15) is 4.98 Å². The van der Waals surface area contributed by atoms with E-state index in [1.807, 2.05) is 6.92 Å². The molecule has 1 aromatic heterocycles. The van der Waals surface area contributed by atoms with E-state index in [0.29, 0.717) is 29.7 Å². The lowest BCUT2D eigenvalue weighted by atomic mass is 10.3. The maximum Gasteiger partial charge on any atom is 0.224 e. The van der Waals surface area contributed by atoms with Crippen LogP contribution in [0.4, 0.5) is 10.2 Å². The second kappa shape index (κ2) is 4.78. The number of rotatable bonds is 3. The molecule has 2 aromatic rings. The molecule has 0 aliphatic heterocycles. The molecule has 2 rings (SSSR count). The van der Waals surface area contributed by atoms with Crippen LogP contribution in [-0.4, -0.2) is 9.97 Å². The fraction of sp³-hybridized carbons (Fsp3) is 0.167. The van der Waals surface area contributed by atoms with Crippen molar-refractivity contribution in [3.8, 4) is 11.6 Å². The van der Waals surface area contributed by atoms with E-state index in [1.165, 1.54) is 30.3 Å². The highest BCUT2D eigenvalue weighted by Crippen LogP contribution is 2.20. The Labute approximate surface area is 98.3 Å². The Bertz CT molecular complexity index is 514. The number of benzene rings is 1. The monoisotopic (exact) mass is 233 g/mol. The number of hydrogen-bond donors (Lipinski definition) is 1. The first-order chi connectivity index (χ1) is 8.17. The maximum atomic E-state index is 12.7. The van der Waals surface area contributed by atoms with Gasteiger partial charge in [0.15, 0.2) is 0 Å². The van der Waals surface area contributed by atoms with Crippen molar-refractivity contribution in [2.75, 3.05) is 5.73 Å². The predicted molar refractivity (Wildman–Crippen MR) is 62.3 cm³/mol. The van der Waals surface area contributed by atoms with Crippen LogP contribution in [0.25, 0.3) is 0 Å². The molecule has 88 valence electrons. The van der Waals surface area contributed by atoms with Gasteiger partial charge in [0.2, 0.25) is 5.88 Å². The zero-order valence-electron chi connectivity index (χ0n) is 9.35. The van der Waals surface area contributed by atoms with Crippen LogP contribution in [0.2, 0.25) is 0 Å². The zero-order valence-corrected chi connectivity index (χ0v) is 9.35. The Hall–Kier alpha value is -2.17. The molecule has 0 fully saturated rings. The van der Waals surface area contributed by atoms with Crippen LogP contribution in [0.5, 0.6) is 11.6 Å². The molecule has 0 atom stereocenters. The number of aromatic nitrogens is 2. The third-order valence-electron chi connectivity index (χ3n) is 2.12. The normalized spacial score (nSPS) is 10.2.